The van der Waals surface area contributed by atoms with Crippen LogP contribution in [0.5, 0.6) is 0 Å². The van der Waals surface area contributed by atoms with Crippen LogP contribution in [0, 0.1) is 17.3 Å². The standard InChI is InChI=1S/C14H27NO/c1-10-5-6-15-12(7-10)14(16)9-13(3,4)8-11(14)2/h10-12,15-16H,5-9H2,1-4H3. The van der Waals surface area contributed by atoms with Crippen LogP contribution in [0.2, 0.25) is 0 Å². The molecule has 0 amide bonds. The minimum Gasteiger partial charge on any atom is -0.388 e. The zero-order valence-electron chi connectivity index (χ0n) is 11.2. The summed E-state index contributed by atoms with van der Waals surface area (Å²) in [6.45, 7) is 10.2. The van der Waals surface area contributed by atoms with Gasteiger partial charge in [-0.1, -0.05) is 27.7 Å². The number of rotatable bonds is 1. The summed E-state index contributed by atoms with van der Waals surface area (Å²) >= 11 is 0. The number of hydrogen-bond acceptors (Lipinski definition) is 2. The molecular formula is C14H27NO. The second-order valence-corrected chi connectivity index (χ2v) is 7.07. The summed E-state index contributed by atoms with van der Waals surface area (Å²) in [7, 11) is 0. The first-order chi connectivity index (χ1) is 7.33. The van der Waals surface area contributed by atoms with Crippen molar-refractivity contribution in [3.05, 3.63) is 0 Å². The highest BCUT2D eigenvalue weighted by Gasteiger charge is 2.52. The predicted octanol–water partition coefficient (Wildman–Crippen LogP) is 2.56. The van der Waals surface area contributed by atoms with Crippen LogP contribution in [0.1, 0.15) is 53.4 Å². The van der Waals surface area contributed by atoms with Crippen LogP contribution in [0.4, 0.5) is 0 Å². The second kappa shape index (κ2) is 3.99. The van der Waals surface area contributed by atoms with Crippen molar-refractivity contribution >= 4 is 0 Å². The Labute approximate surface area is 99.8 Å². The highest BCUT2D eigenvalue weighted by atomic mass is 16.3. The Hall–Kier alpha value is -0.0800. The molecule has 2 N–H and O–H groups in total. The lowest BCUT2D eigenvalue weighted by Crippen LogP contribution is -2.55. The van der Waals surface area contributed by atoms with Gasteiger partial charge in [-0.2, -0.15) is 0 Å². The lowest BCUT2D eigenvalue weighted by atomic mass is 9.77. The molecule has 0 spiro atoms. The van der Waals surface area contributed by atoms with E-state index < -0.39 is 5.60 Å². The fourth-order valence-corrected chi connectivity index (χ4v) is 3.97. The molecule has 0 bridgehead atoms. The molecule has 2 nitrogen and oxygen atoms in total. The average Bonchev–Trinajstić information content (AvgIpc) is 2.36. The zero-order valence-corrected chi connectivity index (χ0v) is 11.2. The van der Waals surface area contributed by atoms with Gasteiger partial charge in [-0.3, -0.25) is 0 Å². The topological polar surface area (TPSA) is 32.3 Å². The molecule has 0 aromatic heterocycles. The van der Waals surface area contributed by atoms with Gasteiger partial charge >= 0.3 is 0 Å². The summed E-state index contributed by atoms with van der Waals surface area (Å²) in [5, 5.41) is 14.5. The Morgan fingerprint density at radius 2 is 1.94 bits per heavy atom. The third-order valence-corrected chi connectivity index (χ3v) is 4.74. The van der Waals surface area contributed by atoms with E-state index in [1.165, 1.54) is 6.42 Å². The van der Waals surface area contributed by atoms with E-state index in [1.807, 2.05) is 0 Å². The molecule has 1 aliphatic heterocycles. The number of nitrogens with one attached hydrogen (secondary N) is 1. The van der Waals surface area contributed by atoms with Crippen molar-refractivity contribution in [3.8, 4) is 0 Å². The van der Waals surface area contributed by atoms with E-state index in [-0.39, 0.29) is 0 Å². The summed E-state index contributed by atoms with van der Waals surface area (Å²) in [6.07, 6.45) is 4.49. The number of hydrogen-bond donors (Lipinski definition) is 2. The van der Waals surface area contributed by atoms with E-state index >= 15 is 0 Å². The Kier molecular flexibility index (Phi) is 3.09. The second-order valence-electron chi connectivity index (χ2n) is 7.07. The first-order valence-electron chi connectivity index (χ1n) is 6.79. The van der Waals surface area contributed by atoms with Gasteiger partial charge in [0.05, 0.1) is 5.60 Å². The van der Waals surface area contributed by atoms with Gasteiger partial charge in [0.25, 0.3) is 0 Å². The Balaban J connectivity index is 2.12. The molecule has 1 aliphatic carbocycles. The SMILES string of the molecule is CC1CCNC(C2(O)CC(C)(C)CC2C)C1. The van der Waals surface area contributed by atoms with Crippen LogP contribution in [0.15, 0.2) is 0 Å². The van der Waals surface area contributed by atoms with E-state index in [9.17, 15) is 5.11 Å². The van der Waals surface area contributed by atoms with E-state index in [2.05, 4.69) is 33.0 Å². The monoisotopic (exact) mass is 225 g/mol. The molecule has 4 atom stereocenters. The van der Waals surface area contributed by atoms with E-state index in [0.717, 1.165) is 31.7 Å². The third kappa shape index (κ3) is 2.14. The fourth-order valence-electron chi connectivity index (χ4n) is 3.97. The van der Waals surface area contributed by atoms with E-state index in [1.54, 1.807) is 0 Å². The minimum atomic E-state index is -0.474. The molecule has 0 aromatic rings. The quantitative estimate of drug-likeness (QED) is 0.719. The number of aliphatic hydroxyl groups is 1. The maximum atomic E-state index is 11.0. The number of piperidine rings is 1. The first kappa shape index (κ1) is 12.4. The first-order valence-corrected chi connectivity index (χ1v) is 6.79. The normalized spacial score (nSPS) is 48.2. The smallest absolute Gasteiger partial charge is 0.0830 e. The molecule has 2 aliphatic rings. The van der Waals surface area contributed by atoms with Crippen molar-refractivity contribution in [3.63, 3.8) is 0 Å². The summed E-state index contributed by atoms with van der Waals surface area (Å²) in [5.41, 5.74) is -0.172. The van der Waals surface area contributed by atoms with Gasteiger partial charge in [0.2, 0.25) is 0 Å². The molecule has 2 fully saturated rings. The van der Waals surface area contributed by atoms with Crippen molar-refractivity contribution < 1.29 is 5.11 Å². The molecule has 2 heteroatoms. The van der Waals surface area contributed by atoms with Crippen LogP contribution in [-0.4, -0.2) is 23.3 Å². The van der Waals surface area contributed by atoms with E-state index in [0.29, 0.717) is 17.4 Å². The van der Waals surface area contributed by atoms with Crippen LogP contribution in [0.3, 0.4) is 0 Å². The highest BCUT2D eigenvalue weighted by Crippen LogP contribution is 2.50. The van der Waals surface area contributed by atoms with Crippen molar-refractivity contribution in [1.29, 1.82) is 0 Å². The largest absolute Gasteiger partial charge is 0.388 e. The molecule has 2 rings (SSSR count). The van der Waals surface area contributed by atoms with Crippen LogP contribution >= 0.6 is 0 Å². The van der Waals surface area contributed by atoms with Gasteiger partial charge in [0.15, 0.2) is 0 Å². The molecule has 16 heavy (non-hydrogen) atoms. The molecule has 1 saturated carbocycles. The Bertz CT molecular complexity index is 263. The minimum absolute atomic E-state index is 0.302. The van der Waals surface area contributed by atoms with E-state index in [4.69, 9.17) is 0 Å². The molecule has 94 valence electrons. The van der Waals surface area contributed by atoms with Gasteiger partial charge in [-0.25, -0.2) is 0 Å². The van der Waals surface area contributed by atoms with Crippen molar-refractivity contribution in [2.45, 2.75) is 65.0 Å². The zero-order chi connectivity index (χ0) is 12.0. The van der Waals surface area contributed by atoms with Gasteiger partial charge in [0.1, 0.15) is 0 Å². The van der Waals surface area contributed by atoms with Gasteiger partial charge in [-0.15, -0.1) is 0 Å². The van der Waals surface area contributed by atoms with Gasteiger partial charge in [0, 0.05) is 6.04 Å². The fraction of sp³-hybridized carbons (Fsp3) is 1.00. The lowest BCUT2D eigenvalue weighted by molar-refractivity contribution is -0.0439. The maximum absolute atomic E-state index is 11.0. The highest BCUT2D eigenvalue weighted by molar-refractivity contribution is 5.06. The Morgan fingerprint density at radius 3 is 2.44 bits per heavy atom. The summed E-state index contributed by atoms with van der Waals surface area (Å²) in [5.74, 6) is 1.18. The maximum Gasteiger partial charge on any atom is 0.0830 e. The Morgan fingerprint density at radius 1 is 1.25 bits per heavy atom. The molecule has 1 saturated heterocycles. The summed E-state index contributed by atoms with van der Waals surface area (Å²) in [4.78, 5) is 0. The van der Waals surface area contributed by atoms with Crippen LogP contribution < -0.4 is 5.32 Å². The molecule has 4 unspecified atom stereocenters. The summed E-state index contributed by atoms with van der Waals surface area (Å²) in [6, 6.07) is 0.313. The van der Waals surface area contributed by atoms with Crippen molar-refractivity contribution in [1.82, 2.24) is 5.32 Å². The molecule has 0 aromatic carbocycles. The predicted molar refractivity (Wildman–Crippen MR) is 67.3 cm³/mol. The van der Waals surface area contributed by atoms with Crippen LogP contribution in [-0.2, 0) is 0 Å². The van der Waals surface area contributed by atoms with Gasteiger partial charge in [-0.05, 0) is 49.5 Å². The molecular weight excluding hydrogens is 198 g/mol. The van der Waals surface area contributed by atoms with Crippen molar-refractivity contribution in [2.75, 3.05) is 6.54 Å². The third-order valence-electron chi connectivity index (χ3n) is 4.74. The molecule has 0 radical (unpaired) electrons. The lowest BCUT2D eigenvalue weighted by Gasteiger charge is -2.41. The van der Waals surface area contributed by atoms with Crippen molar-refractivity contribution in [2.24, 2.45) is 17.3 Å². The molecule has 1 heterocycles. The van der Waals surface area contributed by atoms with Gasteiger partial charge < -0.3 is 10.4 Å². The average molecular weight is 225 g/mol. The summed E-state index contributed by atoms with van der Waals surface area (Å²) < 4.78 is 0. The van der Waals surface area contributed by atoms with Crippen LogP contribution in [0.25, 0.3) is 0 Å².